The number of nitrogens with zero attached hydrogens (tertiary/aromatic N) is 3. The highest BCUT2D eigenvalue weighted by Gasteiger charge is 2.32. The topological polar surface area (TPSA) is 53.1 Å². The normalized spacial score (nSPS) is 26.6. The highest BCUT2D eigenvalue weighted by atomic mass is 32.2. The molecule has 2 aliphatic heterocycles. The van der Waals surface area contributed by atoms with Crippen LogP contribution in [0.15, 0.2) is 0 Å². The fraction of sp³-hybridized carbons (Fsp3) is 1.00. The van der Waals surface area contributed by atoms with Gasteiger partial charge in [0, 0.05) is 46.9 Å². The molecular weight excluding hydrogens is 302 g/mol. The van der Waals surface area contributed by atoms with Crippen molar-refractivity contribution in [2.45, 2.75) is 25.7 Å². The maximum atomic E-state index is 12.7. The van der Waals surface area contributed by atoms with Crippen LogP contribution in [0, 0.1) is 11.8 Å². The summed E-state index contributed by atoms with van der Waals surface area (Å²) < 4.78 is 33.8. The molecule has 0 radical (unpaired) electrons. The smallest absolute Gasteiger partial charge is 0.281 e. The number of piperidine rings is 2. The van der Waals surface area contributed by atoms with Gasteiger partial charge in [-0.15, -0.1) is 0 Å². The van der Waals surface area contributed by atoms with E-state index in [-0.39, 0.29) is 0 Å². The molecule has 0 aromatic rings. The summed E-state index contributed by atoms with van der Waals surface area (Å²) in [6.07, 6.45) is 4.08. The van der Waals surface area contributed by atoms with Gasteiger partial charge in [-0.05, 0) is 51.1 Å². The highest BCUT2D eigenvalue weighted by Crippen LogP contribution is 2.23. The van der Waals surface area contributed by atoms with Crippen molar-refractivity contribution < 1.29 is 13.2 Å². The van der Waals surface area contributed by atoms with Gasteiger partial charge in [0.15, 0.2) is 0 Å². The van der Waals surface area contributed by atoms with E-state index in [2.05, 4.69) is 11.9 Å². The van der Waals surface area contributed by atoms with Crippen LogP contribution in [0.1, 0.15) is 25.7 Å². The molecule has 7 heteroatoms. The van der Waals surface area contributed by atoms with Crippen molar-refractivity contribution in [2.75, 3.05) is 60.5 Å². The number of hydrogen-bond acceptors (Lipinski definition) is 4. The van der Waals surface area contributed by atoms with Crippen LogP contribution in [0.4, 0.5) is 0 Å². The van der Waals surface area contributed by atoms with Crippen molar-refractivity contribution in [3.63, 3.8) is 0 Å². The maximum Gasteiger partial charge on any atom is 0.281 e. The first-order chi connectivity index (χ1) is 10.4. The molecular formula is C15H31N3O3S. The minimum Gasteiger partial charge on any atom is -0.384 e. The van der Waals surface area contributed by atoms with Crippen LogP contribution in [0.25, 0.3) is 0 Å². The van der Waals surface area contributed by atoms with E-state index in [1.165, 1.54) is 0 Å². The summed E-state index contributed by atoms with van der Waals surface area (Å²) in [7, 11) is 2.24. The van der Waals surface area contributed by atoms with Gasteiger partial charge in [0.1, 0.15) is 0 Å². The second-order valence-corrected chi connectivity index (χ2v) is 8.89. The summed E-state index contributed by atoms with van der Waals surface area (Å²) in [5.74, 6) is 0.943. The minimum atomic E-state index is -3.31. The summed E-state index contributed by atoms with van der Waals surface area (Å²) >= 11 is 0. The molecule has 0 aromatic carbocycles. The highest BCUT2D eigenvalue weighted by molar-refractivity contribution is 7.86. The fourth-order valence-corrected chi connectivity index (χ4v) is 5.09. The average molecular weight is 333 g/mol. The molecule has 0 spiro atoms. The second-order valence-electron chi connectivity index (χ2n) is 6.86. The lowest BCUT2D eigenvalue weighted by atomic mass is 9.99. The van der Waals surface area contributed by atoms with Crippen LogP contribution < -0.4 is 0 Å². The zero-order chi connectivity index (χ0) is 16.2. The van der Waals surface area contributed by atoms with Crippen LogP contribution in [0.3, 0.4) is 0 Å². The summed E-state index contributed by atoms with van der Waals surface area (Å²) in [6.45, 7) is 4.72. The van der Waals surface area contributed by atoms with Crippen LogP contribution in [-0.4, -0.2) is 82.5 Å². The monoisotopic (exact) mass is 333 g/mol. The van der Waals surface area contributed by atoms with E-state index in [0.717, 1.165) is 45.4 Å². The number of rotatable bonds is 6. The Morgan fingerprint density at radius 2 is 1.82 bits per heavy atom. The molecule has 0 amide bonds. The molecule has 2 aliphatic rings. The lowest BCUT2D eigenvalue weighted by Crippen LogP contribution is -2.48. The van der Waals surface area contributed by atoms with E-state index < -0.39 is 10.2 Å². The quantitative estimate of drug-likeness (QED) is 0.724. The zero-order valence-corrected chi connectivity index (χ0v) is 15.0. The molecule has 0 saturated carbocycles. The molecule has 2 rings (SSSR count). The lowest BCUT2D eigenvalue weighted by molar-refractivity contribution is 0.119. The number of hydrogen-bond donors (Lipinski definition) is 0. The Balaban J connectivity index is 1.86. The summed E-state index contributed by atoms with van der Waals surface area (Å²) in [5, 5.41) is 0. The molecule has 0 unspecified atom stereocenters. The Labute approximate surface area is 135 Å². The van der Waals surface area contributed by atoms with Crippen LogP contribution in [-0.2, 0) is 14.9 Å². The van der Waals surface area contributed by atoms with E-state index in [9.17, 15) is 8.42 Å². The Hall–Kier alpha value is -0.210. The molecule has 2 heterocycles. The molecule has 2 saturated heterocycles. The van der Waals surface area contributed by atoms with Crippen molar-refractivity contribution in [3.8, 4) is 0 Å². The summed E-state index contributed by atoms with van der Waals surface area (Å²) in [5.41, 5.74) is 0. The Bertz CT molecular complexity index is 435. The van der Waals surface area contributed by atoms with Gasteiger partial charge >= 0.3 is 0 Å². The van der Waals surface area contributed by atoms with Crippen molar-refractivity contribution in [3.05, 3.63) is 0 Å². The minimum absolute atomic E-state index is 0.449. The SMILES string of the molecule is COCC1CCN(S(=O)(=O)N(C)C[C@H]2CCCN(C)C2)CC1. The molecule has 1 atom stereocenters. The van der Waals surface area contributed by atoms with Gasteiger partial charge < -0.3 is 9.64 Å². The molecule has 6 nitrogen and oxygen atoms in total. The molecule has 2 fully saturated rings. The van der Waals surface area contributed by atoms with E-state index in [1.54, 1.807) is 22.8 Å². The van der Waals surface area contributed by atoms with E-state index in [0.29, 0.717) is 31.5 Å². The summed E-state index contributed by atoms with van der Waals surface area (Å²) in [6, 6.07) is 0. The van der Waals surface area contributed by atoms with Gasteiger partial charge in [0.05, 0.1) is 0 Å². The van der Waals surface area contributed by atoms with Gasteiger partial charge in [-0.2, -0.15) is 17.0 Å². The van der Waals surface area contributed by atoms with Crippen molar-refractivity contribution in [1.29, 1.82) is 0 Å². The Morgan fingerprint density at radius 1 is 1.14 bits per heavy atom. The zero-order valence-electron chi connectivity index (χ0n) is 14.2. The largest absolute Gasteiger partial charge is 0.384 e. The van der Waals surface area contributed by atoms with E-state index >= 15 is 0 Å². The van der Waals surface area contributed by atoms with Gasteiger partial charge in [-0.25, -0.2) is 0 Å². The molecule has 22 heavy (non-hydrogen) atoms. The number of likely N-dealkylation sites (tertiary alicyclic amines) is 1. The molecule has 0 aromatic heterocycles. The average Bonchev–Trinajstić information content (AvgIpc) is 2.48. The third-order valence-corrected chi connectivity index (χ3v) is 6.89. The Kier molecular flexibility index (Phi) is 6.64. The second kappa shape index (κ2) is 8.06. The predicted octanol–water partition coefficient (Wildman–Crippen LogP) is 0.863. The molecule has 130 valence electrons. The fourth-order valence-electron chi connectivity index (χ4n) is 3.62. The lowest BCUT2D eigenvalue weighted by Gasteiger charge is -2.36. The Morgan fingerprint density at radius 3 is 2.41 bits per heavy atom. The van der Waals surface area contributed by atoms with Crippen molar-refractivity contribution in [1.82, 2.24) is 13.5 Å². The van der Waals surface area contributed by atoms with Crippen LogP contribution in [0.2, 0.25) is 0 Å². The molecule has 0 aliphatic carbocycles. The van der Waals surface area contributed by atoms with Crippen molar-refractivity contribution in [2.24, 2.45) is 11.8 Å². The number of ether oxygens (including phenoxy) is 1. The predicted molar refractivity (Wildman–Crippen MR) is 87.9 cm³/mol. The molecule has 0 N–H and O–H groups in total. The van der Waals surface area contributed by atoms with Gasteiger partial charge in [0.25, 0.3) is 10.2 Å². The van der Waals surface area contributed by atoms with Crippen molar-refractivity contribution >= 4 is 10.2 Å². The third kappa shape index (κ3) is 4.64. The first kappa shape index (κ1) is 18.1. The third-order valence-electron chi connectivity index (χ3n) is 4.93. The maximum absolute atomic E-state index is 12.7. The first-order valence-electron chi connectivity index (χ1n) is 8.32. The van der Waals surface area contributed by atoms with E-state index in [4.69, 9.17) is 4.74 Å². The number of methoxy groups -OCH3 is 1. The van der Waals surface area contributed by atoms with Crippen LogP contribution in [0.5, 0.6) is 0 Å². The van der Waals surface area contributed by atoms with Gasteiger partial charge in [-0.1, -0.05) is 0 Å². The first-order valence-corrected chi connectivity index (χ1v) is 9.72. The van der Waals surface area contributed by atoms with Gasteiger partial charge in [-0.3, -0.25) is 0 Å². The summed E-state index contributed by atoms with van der Waals surface area (Å²) in [4.78, 5) is 2.30. The molecule has 0 bridgehead atoms. The van der Waals surface area contributed by atoms with E-state index in [1.807, 2.05) is 0 Å². The van der Waals surface area contributed by atoms with Crippen LogP contribution >= 0.6 is 0 Å². The standard InChI is InChI=1S/C15H31N3O3S/c1-16-8-4-5-15(11-16)12-17(2)22(19,20)18-9-6-14(7-10-18)13-21-3/h14-15H,4-13H2,1-3H3/t15-/m0/s1. The van der Waals surface area contributed by atoms with Gasteiger partial charge in [0.2, 0.25) is 0 Å².